The smallest absolute Gasteiger partial charge is 0.265 e. The van der Waals surface area contributed by atoms with Crippen LogP contribution in [0.1, 0.15) is 22.0 Å². The summed E-state index contributed by atoms with van der Waals surface area (Å²) in [6, 6.07) is 24.3. The molecule has 0 aliphatic carbocycles. The monoisotopic (exact) mass is 375 g/mol. The number of methoxy groups -OCH3 is 1. The van der Waals surface area contributed by atoms with Gasteiger partial charge in [0.1, 0.15) is 11.8 Å². The molecule has 1 atom stereocenters. The van der Waals surface area contributed by atoms with Gasteiger partial charge in [0.15, 0.2) is 0 Å². The van der Waals surface area contributed by atoms with E-state index in [1.54, 1.807) is 55.6 Å². The van der Waals surface area contributed by atoms with Gasteiger partial charge in [-0.1, -0.05) is 54.6 Å². The van der Waals surface area contributed by atoms with Gasteiger partial charge in [-0.2, -0.15) is 0 Å². The van der Waals surface area contributed by atoms with E-state index in [0.717, 1.165) is 5.56 Å². The number of hydrogen-bond acceptors (Lipinski definition) is 4. The fourth-order valence-electron chi connectivity index (χ4n) is 2.66. The summed E-state index contributed by atoms with van der Waals surface area (Å²) in [5.41, 5.74) is 7.27. The van der Waals surface area contributed by atoms with Crippen LogP contribution in [0.25, 0.3) is 0 Å². The van der Waals surface area contributed by atoms with Crippen LogP contribution in [0.2, 0.25) is 0 Å². The van der Waals surface area contributed by atoms with Crippen LogP contribution in [0.4, 0.5) is 5.69 Å². The Balaban J connectivity index is 1.75. The topological polar surface area (TPSA) is 79.5 Å². The van der Waals surface area contributed by atoms with Crippen LogP contribution in [-0.4, -0.2) is 18.9 Å². The molecule has 0 saturated heterocycles. The predicted octanol–water partition coefficient (Wildman–Crippen LogP) is 3.31. The Morgan fingerprint density at radius 2 is 1.54 bits per heavy atom. The van der Waals surface area contributed by atoms with E-state index < -0.39 is 6.04 Å². The zero-order valence-corrected chi connectivity index (χ0v) is 15.4. The van der Waals surface area contributed by atoms with Crippen molar-refractivity contribution in [1.82, 2.24) is 10.9 Å². The summed E-state index contributed by atoms with van der Waals surface area (Å²) >= 11 is 0. The number of ether oxygens (including phenoxy) is 1. The van der Waals surface area contributed by atoms with Gasteiger partial charge in [0, 0.05) is 17.3 Å². The molecule has 0 aliphatic rings. The molecule has 1 unspecified atom stereocenters. The number of hydrazine groups is 1. The zero-order valence-electron chi connectivity index (χ0n) is 15.4. The average Bonchev–Trinajstić information content (AvgIpc) is 2.75. The number of anilines is 1. The van der Waals surface area contributed by atoms with E-state index in [1.165, 1.54) is 0 Å². The lowest BCUT2D eigenvalue weighted by molar-refractivity contribution is -0.118. The van der Waals surface area contributed by atoms with Gasteiger partial charge in [-0.15, -0.1) is 0 Å². The van der Waals surface area contributed by atoms with Crippen molar-refractivity contribution >= 4 is 17.5 Å². The van der Waals surface area contributed by atoms with Crippen molar-refractivity contribution in [3.8, 4) is 5.75 Å². The molecule has 0 heterocycles. The molecule has 142 valence electrons. The molecular weight excluding hydrogens is 354 g/mol. The molecule has 0 aliphatic heterocycles. The molecule has 3 aromatic rings. The number of carbonyl (C=O) groups is 2. The summed E-state index contributed by atoms with van der Waals surface area (Å²) < 4.78 is 5.19. The first-order valence-electron chi connectivity index (χ1n) is 8.78. The van der Waals surface area contributed by atoms with Crippen LogP contribution < -0.4 is 20.9 Å². The second-order valence-electron chi connectivity index (χ2n) is 6.03. The standard InChI is InChI=1S/C22H21N3O3/c1-28-19-14-8-13-18(15-19)23-22(27)20(16-9-4-2-5-10-16)24-25-21(26)17-11-6-3-7-12-17/h2-15,20,24H,1H3,(H,23,27)(H,25,26). The Labute approximate surface area is 163 Å². The molecule has 0 fully saturated rings. The first-order valence-corrected chi connectivity index (χ1v) is 8.78. The highest BCUT2D eigenvalue weighted by atomic mass is 16.5. The van der Waals surface area contributed by atoms with E-state index in [1.807, 2.05) is 36.4 Å². The average molecular weight is 375 g/mol. The lowest BCUT2D eigenvalue weighted by Gasteiger charge is -2.19. The van der Waals surface area contributed by atoms with Gasteiger partial charge in [0.25, 0.3) is 5.91 Å². The molecule has 3 rings (SSSR count). The van der Waals surface area contributed by atoms with E-state index in [4.69, 9.17) is 4.74 Å². The van der Waals surface area contributed by atoms with Crippen molar-refractivity contribution in [2.45, 2.75) is 6.04 Å². The third-order valence-corrected chi connectivity index (χ3v) is 4.10. The van der Waals surface area contributed by atoms with Crippen LogP contribution in [0.3, 0.4) is 0 Å². The van der Waals surface area contributed by atoms with Crippen molar-refractivity contribution in [2.24, 2.45) is 0 Å². The maximum Gasteiger partial charge on any atom is 0.265 e. The number of nitrogens with one attached hydrogen (secondary N) is 3. The first kappa shape index (κ1) is 19.1. The van der Waals surface area contributed by atoms with Crippen molar-refractivity contribution < 1.29 is 14.3 Å². The summed E-state index contributed by atoms with van der Waals surface area (Å²) in [6.07, 6.45) is 0. The van der Waals surface area contributed by atoms with E-state index in [-0.39, 0.29) is 11.8 Å². The molecule has 3 N–H and O–H groups in total. The maximum absolute atomic E-state index is 12.9. The van der Waals surface area contributed by atoms with E-state index in [0.29, 0.717) is 17.0 Å². The highest BCUT2D eigenvalue weighted by Gasteiger charge is 2.21. The third kappa shape index (κ3) is 4.96. The number of rotatable bonds is 7. The molecule has 3 aromatic carbocycles. The van der Waals surface area contributed by atoms with Gasteiger partial charge in [-0.05, 0) is 29.8 Å². The minimum Gasteiger partial charge on any atom is -0.497 e. The molecule has 0 aromatic heterocycles. The Kier molecular flexibility index (Phi) is 6.38. The summed E-state index contributed by atoms with van der Waals surface area (Å²) in [5.74, 6) is 0.00271. The molecule has 0 spiro atoms. The zero-order chi connectivity index (χ0) is 19.8. The molecule has 0 saturated carbocycles. The van der Waals surface area contributed by atoms with Crippen molar-refractivity contribution in [3.63, 3.8) is 0 Å². The van der Waals surface area contributed by atoms with Gasteiger partial charge in [-0.3, -0.25) is 15.0 Å². The van der Waals surface area contributed by atoms with Gasteiger partial charge in [0.05, 0.1) is 7.11 Å². The lowest BCUT2D eigenvalue weighted by atomic mass is 10.1. The van der Waals surface area contributed by atoms with Crippen LogP contribution in [0, 0.1) is 0 Å². The van der Waals surface area contributed by atoms with Gasteiger partial charge in [0.2, 0.25) is 5.91 Å². The second kappa shape index (κ2) is 9.34. The molecule has 28 heavy (non-hydrogen) atoms. The van der Waals surface area contributed by atoms with Crippen LogP contribution >= 0.6 is 0 Å². The summed E-state index contributed by atoms with van der Waals surface area (Å²) in [4.78, 5) is 25.2. The number of carbonyl (C=O) groups excluding carboxylic acids is 2. The largest absolute Gasteiger partial charge is 0.497 e. The van der Waals surface area contributed by atoms with E-state index in [9.17, 15) is 9.59 Å². The summed E-state index contributed by atoms with van der Waals surface area (Å²) in [5, 5.41) is 2.85. The third-order valence-electron chi connectivity index (χ3n) is 4.10. The second-order valence-corrected chi connectivity index (χ2v) is 6.03. The summed E-state index contributed by atoms with van der Waals surface area (Å²) in [6.45, 7) is 0. The maximum atomic E-state index is 12.9. The van der Waals surface area contributed by atoms with Gasteiger partial charge >= 0.3 is 0 Å². The van der Waals surface area contributed by atoms with Crippen LogP contribution in [0.15, 0.2) is 84.9 Å². The summed E-state index contributed by atoms with van der Waals surface area (Å²) in [7, 11) is 1.56. The predicted molar refractivity (Wildman–Crippen MR) is 108 cm³/mol. The normalized spacial score (nSPS) is 11.3. The highest BCUT2D eigenvalue weighted by molar-refractivity contribution is 5.97. The quantitative estimate of drug-likeness (QED) is 0.554. The molecule has 0 bridgehead atoms. The minimum absolute atomic E-state index is 0.312. The SMILES string of the molecule is COc1cccc(NC(=O)C(NNC(=O)c2ccccc2)c2ccccc2)c1. The molecule has 2 amide bonds. The minimum atomic E-state index is -0.778. The van der Waals surface area contributed by atoms with E-state index in [2.05, 4.69) is 16.2 Å². The van der Waals surface area contributed by atoms with Gasteiger partial charge < -0.3 is 10.1 Å². The Morgan fingerprint density at radius 1 is 0.857 bits per heavy atom. The highest BCUT2D eigenvalue weighted by Crippen LogP contribution is 2.19. The van der Waals surface area contributed by atoms with E-state index >= 15 is 0 Å². The van der Waals surface area contributed by atoms with Crippen molar-refractivity contribution in [1.29, 1.82) is 0 Å². The first-order chi connectivity index (χ1) is 13.7. The fourth-order valence-corrected chi connectivity index (χ4v) is 2.66. The van der Waals surface area contributed by atoms with Crippen LogP contribution in [0.5, 0.6) is 5.75 Å². The fraction of sp³-hybridized carbons (Fsp3) is 0.0909. The number of benzene rings is 3. The Morgan fingerprint density at radius 3 is 2.21 bits per heavy atom. The van der Waals surface area contributed by atoms with Crippen molar-refractivity contribution in [3.05, 3.63) is 96.1 Å². The van der Waals surface area contributed by atoms with Crippen LogP contribution in [-0.2, 0) is 4.79 Å². The Hall–Kier alpha value is -3.64. The van der Waals surface area contributed by atoms with Gasteiger partial charge in [-0.25, -0.2) is 5.43 Å². The number of hydrogen-bond donors (Lipinski definition) is 3. The number of amides is 2. The molecular formula is C22H21N3O3. The molecule has 0 radical (unpaired) electrons. The Bertz CT molecular complexity index is 930. The molecule has 6 nitrogen and oxygen atoms in total. The lowest BCUT2D eigenvalue weighted by Crippen LogP contribution is -2.44. The molecule has 6 heteroatoms. The van der Waals surface area contributed by atoms with Crippen molar-refractivity contribution in [2.75, 3.05) is 12.4 Å².